The average molecular weight is 504 g/mol. The Kier molecular flexibility index (Phi) is 6.79. The number of nitrogens with zero attached hydrogens (tertiary/aromatic N) is 2. The number of anilines is 1. The van der Waals surface area contributed by atoms with Crippen molar-refractivity contribution in [3.8, 4) is 17.2 Å². The number of rotatable bonds is 6. The lowest BCUT2D eigenvalue weighted by Crippen LogP contribution is -2.20. The number of amides is 2. The molecule has 0 spiro atoms. The number of ether oxygens (including phenoxy) is 2. The molecule has 0 unspecified atom stereocenters. The highest BCUT2D eigenvalue weighted by atomic mass is 19.4. The van der Waals surface area contributed by atoms with Crippen LogP contribution < -0.4 is 20.5 Å². The molecule has 2 amide bonds. The highest BCUT2D eigenvalue weighted by Crippen LogP contribution is 2.36. The number of nitrogens with one attached hydrogen (secondary N) is 1. The molecule has 0 radical (unpaired) electrons. The minimum Gasteiger partial charge on any atom is -0.455 e. The van der Waals surface area contributed by atoms with Crippen molar-refractivity contribution in [2.45, 2.75) is 12.5 Å². The Morgan fingerprint density at radius 1 is 0.943 bits per heavy atom. The Bertz CT molecular complexity index is 1260. The third kappa shape index (κ3) is 6.33. The average Bonchev–Trinajstić information content (AvgIpc) is 2.73. The molecule has 8 nitrogen and oxygen atoms in total. The van der Waals surface area contributed by atoms with Crippen LogP contribution in [0.2, 0.25) is 0 Å². The minimum atomic E-state index is -5.27. The molecule has 2 heterocycles. The number of alkyl halides is 6. The molecule has 3 aromatic rings. The highest BCUT2D eigenvalue weighted by Gasteiger charge is 2.39. The van der Waals surface area contributed by atoms with Gasteiger partial charge in [-0.25, -0.2) is 9.37 Å². The Morgan fingerprint density at radius 2 is 1.57 bits per heavy atom. The summed E-state index contributed by atoms with van der Waals surface area (Å²) in [6, 6.07) is 5.64. The van der Waals surface area contributed by atoms with E-state index in [1.54, 1.807) is 0 Å². The van der Waals surface area contributed by atoms with Crippen LogP contribution in [0.15, 0.2) is 48.8 Å². The molecule has 0 saturated heterocycles. The van der Waals surface area contributed by atoms with Gasteiger partial charge in [0, 0.05) is 11.9 Å². The maximum Gasteiger partial charge on any atom is 0.573 e. The van der Waals surface area contributed by atoms with Crippen LogP contribution in [0.5, 0.6) is 17.2 Å². The smallest absolute Gasteiger partial charge is 0.455 e. The first-order valence-corrected chi connectivity index (χ1v) is 9.11. The standard InChI is InChI=1S/C20H11F7N4O4/c21-15-14(18(33)31-9-5-6-29-12(7-9)17(28)32)13(8-30-16(15)19(22,23)24)34-10-1-3-11(4-2-10)35-20(25,26)27/h1-8H,(H2,28,32)(H,29,31,33). The predicted molar refractivity (Wildman–Crippen MR) is 103 cm³/mol. The van der Waals surface area contributed by atoms with Gasteiger partial charge >= 0.3 is 12.5 Å². The topological polar surface area (TPSA) is 116 Å². The third-order valence-corrected chi connectivity index (χ3v) is 4.04. The quantitative estimate of drug-likeness (QED) is 0.471. The first-order valence-electron chi connectivity index (χ1n) is 9.11. The summed E-state index contributed by atoms with van der Waals surface area (Å²) in [6.45, 7) is 0. The molecule has 3 N–H and O–H groups in total. The lowest BCUT2D eigenvalue weighted by Gasteiger charge is -2.15. The molecule has 1 aromatic carbocycles. The maximum absolute atomic E-state index is 14.8. The number of benzene rings is 1. The monoisotopic (exact) mass is 504 g/mol. The third-order valence-electron chi connectivity index (χ3n) is 4.04. The first-order chi connectivity index (χ1) is 16.2. The summed E-state index contributed by atoms with van der Waals surface area (Å²) < 4.78 is 100. The van der Waals surface area contributed by atoms with Gasteiger partial charge in [0.05, 0.1) is 6.20 Å². The van der Waals surface area contributed by atoms with Crippen LogP contribution in [-0.4, -0.2) is 28.1 Å². The Labute approximate surface area is 190 Å². The van der Waals surface area contributed by atoms with Gasteiger partial charge in [0.2, 0.25) is 0 Å². The largest absolute Gasteiger partial charge is 0.573 e. The summed E-state index contributed by atoms with van der Waals surface area (Å²) in [4.78, 5) is 30.5. The van der Waals surface area contributed by atoms with E-state index in [0.717, 1.165) is 42.6 Å². The number of aromatic nitrogens is 2. The number of pyridine rings is 2. The van der Waals surface area contributed by atoms with Gasteiger partial charge in [0.15, 0.2) is 17.3 Å². The van der Waals surface area contributed by atoms with Crippen molar-refractivity contribution in [3.05, 3.63) is 71.6 Å². The van der Waals surface area contributed by atoms with Crippen molar-refractivity contribution in [2.24, 2.45) is 5.73 Å². The van der Waals surface area contributed by atoms with Crippen molar-refractivity contribution < 1.29 is 49.8 Å². The zero-order valence-electron chi connectivity index (χ0n) is 16.9. The van der Waals surface area contributed by atoms with Gasteiger partial charge in [0.25, 0.3) is 11.8 Å². The zero-order chi connectivity index (χ0) is 26.0. The Morgan fingerprint density at radius 3 is 2.14 bits per heavy atom. The van der Waals surface area contributed by atoms with Crippen molar-refractivity contribution in [3.63, 3.8) is 0 Å². The number of halogens is 7. The molecule has 15 heteroatoms. The van der Waals surface area contributed by atoms with Gasteiger partial charge in [-0.05, 0) is 36.4 Å². The fraction of sp³-hybridized carbons (Fsp3) is 0.100. The molecule has 0 bridgehead atoms. The lowest BCUT2D eigenvalue weighted by atomic mass is 10.1. The number of carbonyl (C=O) groups excluding carboxylic acids is 2. The molecule has 3 rings (SSSR count). The van der Waals surface area contributed by atoms with E-state index in [0.29, 0.717) is 6.20 Å². The van der Waals surface area contributed by atoms with E-state index in [1.165, 1.54) is 0 Å². The zero-order valence-corrected chi connectivity index (χ0v) is 16.9. The van der Waals surface area contributed by atoms with Crippen molar-refractivity contribution in [1.82, 2.24) is 9.97 Å². The van der Waals surface area contributed by atoms with Gasteiger partial charge in [-0.3, -0.25) is 14.6 Å². The molecule has 0 aliphatic rings. The number of hydrogen-bond acceptors (Lipinski definition) is 6. The number of primary amides is 1. The van der Waals surface area contributed by atoms with Crippen molar-refractivity contribution in [1.29, 1.82) is 0 Å². The number of carbonyl (C=O) groups is 2. The second kappa shape index (κ2) is 9.44. The number of hydrogen-bond donors (Lipinski definition) is 2. The van der Waals surface area contributed by atoms with E-state index in [4.69, 9.17) is 10.5 Å². The molecule has 0 atom stereocenters. The molecule has 35 heavy (non-hydrogen) atoms. The van der Waals surface area contributed by atoms with Gasteiger partial charge in [0.1, 0.15) is 22.8 Å². The van der Waals surface area contributed by atoms with E-state index < -0.39 is 52.9 Å². The molecule has 0 aliphatic carbocycles. The summed E-state index contributed by atoms with van der Waals surface area (Å²) in [7, 11) is 0. The summed E-state index contributed by atoms with van der Waals surface area (Å²) in [6.07, 6.45) is -8.77. The first kappa shape index (κ1) is 25.2. The van der Waals surface area contributed by atoms with E-state index in [-0.39, 0.29) is 17.1 Å². The SMILES string of the molecule is NC(=O)c1cc(NC(=O)c2c(Oc3ccc(OC(F)(F)F)cc3)cnc(C(F)(F)F)c2F)ccn1. The van der Waals surface area contributed by atoms with Crippen molar-refractivity contribution >= 4 is 17.5 Å². The van der Waals surface area contributed by atoms with Gasteiger partial charge < -0.3 is 20.5 Å². The molecule has 0 aliphatic heterocycles. The van der Waals surface area contributed by atoms with E-state index in [2.05, 4.69) is 20.0 Å². The van der Waals surface area contributed by atoms with Crippen LogP contribution in [-0.2, 0) is 6.18 Å². The molecule has 2 aromatic heterocycles. The normalized spacial score (nSPS) is 11.6. The molecule has 0 fully saturated rings. The summed E-state index contributed by atoms with van der Waals surface area (Å²) >= 11 is 0. The fourth-order valence-electron chi connectivity index (χ4n) is 2.63. The van der Waals surface area contributed by atoms with Crippen LogP contribution in [0, 0.1) is 5.82 Å². The number of nitrogens with two attached hydrogens (primary N) is 1. The van der Waals surface area contributed by atoms with Crippen LogP contribution in [0.3, 0.4) is 0 Å². The Hall–Kier alpha value is -4.43. The summed E-state index contributed by atoms with van der Waals surface area (Å²) in [5.74, 6) is -6.19. The van der Waals surface area contributed by atoms with E-state index in [1.807, 2.05) is 0 Å². The Balaban J connectivity index is 1.98. The van der Waals surface area contributed by atoms with E-state index >= 15 is 0 Å². The van der Waals surface area contributed by atoms with Crippen LogP contribution in [0.1, 0.15) is 26.5 Å². The lowest BCUT2D eigenvalue weighted by molar-refractivity contribution is -0.274. The predicted octanol–water partition coefficient (Wildman–Crippen LogP) is 4.68. The van der Waals surface area contributed by atoms with Crippen molar-refractivity contribution in [2.75, 3.05) is 5.32 Å². The van der Waals surface area contributed by atoms with Crippen LogP contribution in [0.25, 0.3) is 0 Å². The second-order valence-electron chi connectivity index (χ2n) is 6.53. The molecular weight excluding hydrogens is 493 g/mol. The van der Waals surface area contributed by atoms with Crippen LogP contribution in [0.4, 0.5) is 36.4 Å². The van der Waals surface area contributed by atoms with Crippen LogP contribution >= 0.6 is 0 Å². The van der Waals surface area contributed by atoms with Gasteiger partial charge in [-0.1, -0.05) is 0 Å². The molecule has 184 valence electrons. The summed E-state index contributed by atoms with van der Waals surface area (Å²) in [5.41, 5.74) is 1.37. The fourth-order valence-corrected chi connectivity index (χ4v) is 2.63. The molecular formula is C20H11F7N4O4. The minimum absolute atomic E-state index is 0.164. The molecule has 0 saturated carbocycles. The highest BCUT2D eigenvalue weighted by molar-refractivity contribution is 6.07. The van der Waals surface area contributed by atoms with Gasteiger partial charge in [-0.2, -0.15) is 13.2 Å². The maximum atomic E-state index is 14.8. The summed E-state index contributed by atoms with van der Waals surface area (Å²) in [5, 5.41) is 2.09. The van der Waals surface area contributed by atoms with Gasteiger partial charge in [-0.15, -0.1) is 13.2 Å². The second-order valence-corrected chi connectivity index (χ2v) is 6.53. The van der Waals surface area contributed by atoms with E-state index in [9.17, 15) is 40.3 Å².